The van der Waals surface area contributed by atoms with Crippen molar-refractivity contribution in [2.24, 2.45) is 0 Å². The van der Waals surface area contributed by atoms with E-state index in [0.717, 1.165) is 34.7 Å². The highest BCUT2D eigenvalue weighted by molar-refractivity contribution is 7.99. The molecule has 3 aromatic rings. The summed E-state index contributed by atoms with van der Waals surface area (Å²) in [5.41, 5.74) is 2.77. The molecule has 0 bridgehead atoms. The van der Waals surface area contributed by atoms with Gasteiger partial charge in [0.25, 0.3) is 5.91 Å². The van der Waals surface area contributed by atoms with E-state index < -0.39 is 0 Å². The minimum absolute atomic E-state index is 0.118. The van der Waals surface area contributed by atoms with E-state index >= 15 is 0 Å². The highest BCUT2D eigenvalue weighted by atomic mass is 32.2. The molecular formula is C22H21FN2OS. The van der Waals surface area contributed by atoms with Gasteiger partial charge < -0.3 is 5.32 Å². The number of nitrogens with zero attached hydrogens (tertiary/aromatic N) is 1. The summed E-state index contributed by atoms with van der Waals surface area (Å²) in [7, 11) is 0. The number of pyridine rings is 1. The molecule has 0 fully saturated rings. The maximum atomic E-state index is 12.9. The number of rotatable bonds is 8. The van der Waals surface area contributed by atoms with Crippen LogP contribution in [0.4, 0.5) is 4.39 Å². The molecule has 0 aliphatic carbocycles. The molecular weight excluding hydrogens is 359 g/mol. The maximum Gasteiger partial charge on any atom is 0.254 e. The summed E-state index contributed by atoms with van der Waals surface area (Å²) >= 11 is 1.57. The lowest BCUT2D eigenvalue weighted by Crippen LogP contribution is -2.23. The Morgan fingerprint density at radius 1 is 0.963 bits per heavy atom. The lowest BCUT2D eigenvalue weighted by Gasteiger charge is -2.09. The van der Waals surface area contributed by atoms with Crippen molar-refractivity contribution >= 4 is 17.7 Å². The second-order valence-electron chi connectivity index (χ2n) is 6.10. The lowest BCUT2D eigenvalue weighted by atomic mass is 10.1. The first kappa shape index (κ1) is 19.1. The zero-order valence-corrected chi connectivity index (χ0v) is 15.7. The highest BCUT2D eigenvalue weighted by Crippen LogP contribution is 2.21. The van der Waals surface area contributed by atoms with Gasteiger partial charge in [0, 0.05) is 12.7 Å². The molecule has 1 amide bonds. The van der Waals surface area contributed by atoms with Crippen molar-refractivity contribution in [1.82, 2.24) is 10.3 Å². The number of aromatic nitrogens is 1. The fraction of sp³-hybridized carbons (Fsp3) is 0.182. The zero-order chi connectivity index (χ0) is 18.9. The Balaban J connectivity index is 1.52. The molecule has 2 aromatic carbocycles. The van der Waals surface area contributed by atoms with E-state index in [9.17, 15) is 9.18 Å². The van der Waals surface area contributed by atoms with Crippen molar-refractivity contribution in [1.29, 1.82) is 0 Å². The fourth-order valence-corrected chi connectivity index (χ4v) is 3.58. The summed E-state index contributed by atoms with van der Waals surface area (Å²) in [6.07, 6.45) is 3.50. The van der Waals surface area contributed by atoms with Crippen LogP contribution in [0.15, 0.2) is 78.0 Å². The molecule has 0 saturated heterocycles. The molecule has 0 saturated carbocycles. The van der Waals surface area contributed by atoms with Gasteiger partial charge in [-0.05, 0) is 54.0 Å². The number of aryl methyl sites for hydroxylation is 1. The Morgan fingerprint density at radius 3 is 2.52 bits per heavy atom. The Hall–Kier alpha value is -2.66. The van der Waals surface area contributed by atoms with Gasteiger partial charge in [-0.3, -0.25) is 4.79 Å². The maximum absolute atomic E-state index is 12.9. The predicted molar refractivity (Wildman–Crippen MR) is 107 cm³/mol. The summed E-state index contributed by atoms with van der Waals surface area (Å²) in [5, 5.41) is 3.69. The Labute approximate surface area is 163 Å². The molecule has 1 aromatic heterocycles. The molecule has 27 heavy (non-hydrogen) atoms. The number of carbonyl (C=O) groups excluding carboxylic acids is 1. The van der Waals surface area contributed by atoms with E-state index in [0.29, 0.717) is 12.1 Å². The number of carbonyl (C=O) groups is 1. The van der Waals surface area contributed by atoms with Gasteiger partial charge in [-0.2, -0.15) is 0 Å². The fourth-order valence-electron chi connectivity index (χ4n) is 2.65. The van der Waals surface area contributed by atoms with Crippen molar-refractivity contribution in [2.45, 2.75) is 24.4 Å². The SMILES string of the molecule is O=C(NCc1ccccc1)c1cccnc1SCCCc1ccc(F)cc1. The molecule has 3 nitrogen and oxygen atoms in total. The van der Waals surface area contributed by atoms with Crippen LogP contribution in [-0.2, 0) is 13.0 Å². The van der Waals surface area contributed by atoms with Gasteiger partial charge in [-0.15, -0.1) is 11.8 Å². The van der Waals surface area contributed by atoms with Crippen LogP contribution in [0.1, 0.15) is 27.9 Å². The van der Waals surface area contributed by atoms with E-state index in [1.54, 1.807) is 30.1 Å². The number of benzene rings is 2. The molecule has 3 rings (SSSR count). The minimum Gasteiger partial charge on any atom is -0.348 e. The first-order chi connectivity index (χ1) is 13.2. The van der Waals surface area contributed by atoms with Crippen molar-refractivity contribution in [3.63, 3.8) is 0 Å². The van der Waals surface area contributed by atoms with Crippen LogP contribution in [0.25, 0.3) is 0 Å². The van der Waals surface area contributed by atoms with E-state index in [2.05, 4.69) is 10.3 Å². The number of nitrogens with one attached hydrogen (secondary N) is 1. The molecule has 0 aliphatic heterocycles. The Kier molecular flexibility index (Phi) is 6.99. The van der Waals surface area contributed by atoms with Gasteiger partial charge in [-0.1, -0.05) is 42.5 Å². The second kappa shape index (κ2) is 9.88. The third-order valence-electron chi connectivity index (χ3n) is 4.07. The molecule has 138 valence electrons. The molecule has 0 unspecified atom stereocenters. The number of amides is 1. The normalized spacial score (nSPS) is 10.6. The van der Waals surface area contributed by atoms with Gasteiger partial charge in [0.15, 0.2) is 0 Å². The molecule has 5 heteroatoms. The minimum atomic E-state index is -0.215. The lowest BCUT2D eigenvalue weighted by molar-refractivity contribution is 0.0947. The summed E-state index contributed by atoms with van der Waals surface area (Å²) < 4.78 is 12.9. The summed E-state index contributed by atoms with van der Waals surface area (Å²) in [4.78, 5) is 16.9. The summed E-state index contributed by atoms with van der Waals surface area (Å²) in [6, 6.07) is 20.0. The number of hydrogen-bond donors (Lipinski definition) is 1. The van der Waals surface area contributed by atoms with E-state index in [1.807, 2.05) is 42.5 Å². The third kappa shape index (κ3) is 5.93. The standard InChI is InChI=1S/C22H21FN2OS/c23-19-12-10-17(11-13-19)8-5-15-27-22-20(9-4-14-24-22)21(26)25-16-18-6-2-1-3-7-18/h1-4,6-7,9-14H,5,8,15-16H2,(H,25,26). The number of halogens is 1. The van der Waals surface area contributed by atoms with Crippen LogP contribution in [0.3, 0.4) is 0 Å². The van der Waals surface area contributed by atoms with E-state index in [-0.39, 0.29) is 11.7 Å². The van der Waals surface area contributed by atoms with E-state index in [4.69, 9.17) is 0 Å². The first-order valence-corrected chi connectivity index (χ1v) is 9.85. The van der Waals surface area contributed by atoms with E-state index in [1.165, 1.54) is 12.1 Å². The summed E-state index contributed by atoms with van der Waals surface area (Å²) in [6.45, 7) is 0.489. The van der Waals surface area contributed by atoms with Crippen molar-refractivity contribution in [3.05, 3.63) is 95.4 Å². The molecule has 0 atom stereocenters. The molecule has 0 spiro atoms. The summed E-state index contributed by atoms with van der Waals surface area (Å²) in [5.74, 6) is 0.508. The smallest absolute Gasteiger partial charge is 0.254 e. The van der Waals surface area contributed by atoms with Crippen LogP contribution < -0.4 is 5.32 Å². The predicted octanol–water partition coefficient (Wildman–Crippen LogP) is 4.88. The largest absolute Gasteiger partial charge is 0.348 e. The average Bonchev–Trinajstić information content (AvgIpc) is 2.72. The quantitative estimate of drug-likeness (QED) is 0.447. The monoisotopic (exact) mass is 380 g/mol. The van der Waals surface area contributed by atoms with Crippen LogP contribution in [-0.4, -0.2) is 16.6 Å². The van der Waals surface area contributed by atoms with Gasteiger partial charge in [-0.25, -0.2) is 9.37 Å². The third-order valence-corrected chi connectivity index (χ3v) is 5.17. The van der Waals surface area contributed by atoms with Crippen molar-refractivity contribution < 1.29 is 9.18 Å². The number of thioether (sulfide) groups is 1. The van der Waals surface area contributed by atoms with Crippen LogP contribution in [0.2, 0.25) is 0 Å². The average molecular weight is 380 g/mol. The molecule has 1 heterocycles. The molecule has 0 aliphatic rings. The second-order valence-corrected chi connectivity index (χ2v) is 7.19. The van der Waals surface area contributed by atoms with Gasteiger partial charge >= 0.3 is 0 Å². The Bertz CT molecular complexity index is 869. The van der Waals surface area contributed by atoms with Gasteiger partial charge in [0.05, 0.1) is 5.56 Å². The van der Waals surface area contributed by atoms with Crippen molar-refractivity contribution in [3.8, 4) is 0 Å². The molecule has 1 N–H and O–H groups in total. The van der Waals surface area contributed by atoms with Crippen LogP contribution in [0, 0.1) is 5.82 Å². The van der Waals surface area contributed by atoms with Gasteiger partial charge in [0.1, 0.15) is 10.8 Å². The number of hydrogen-bond acceptors (Lipinski definition) is 3. The Morgan fingerprint density at radius 2 is 1.74 bits per heavy atom. The van der Waals surface area contributed by atoms with Gasteiger partial charge in [0.2, 0.25) is 0 Å². The zero-order valence-electron chi connectivity index (χ0n) is 14.9. The van der Waals surface area contributed by atoms with Crippen LogP contribution in [0.5, 0.6) is 0 Å². The van der Waals surface area contributed by atoms with Crippen LogP contribution >= 0.6 is 11.8 Å². The topological polar surface area (TPSA) is 42.0 Å². The first-order valence-electron chi connectivity index (χ1n) is 8.87. The highest BCUT2D eigenvalue weighted by Gasteiger charge is 2.12. The van der Waals surface area contributed by atoms with Crippen molar-refractivity contribution in [2.75, 3.05) is 5.75 Å². The molecule has 0 radical (unpaired) electrons.